The molecule has 1 aromatic carbocycles. The molecule has 1 fully saturated rings. The zero-order valence-electron chi connectivity index (χ0n) is 10.7. The van der Waals surface area contributed by atoms with Crippen molar-refractivity contribution in [3.05, 3.63) is 24.3 Å². The second-order valence-corrected chi connectivity index (χ2v) is 4.66. The molecule has 1 aliphatic rings. The lowest BCUT2D eigenvalue weighted by atomic mass is 9.96. The Hall–Kier alpha value is -1.55. The van der Waals surface area contributed by atoms with Crippen molar-refractivity contribution < 1.29 is 9.53 Å². The molecule has 1 aliphatic heterocycles. The minimum absolute atomic E-state index is 0.0631. The van der Waals surface area contributed by atoms with Gasteiger partial charge in [0.25, 0.3) is 0 Å². The number of hydrogen-bond donors (Lipinski definition) is 2. The van der Waals surface area contributed by atoms with Gasteiger partial charge in [0.1, 0.15) is 5.75 Å². The number of nitrogens with one attached hydrogen (secondary N) is 2. The van der Waals surface area contributed by atoms with Gasteiger partial charge in [0.05, 0.1) is 12.8 Å². The molecule has 4 heteroatoms. The number of methoxy groups -OCH3 is 1. The summed E-state index contributed by atoms with van der Waals surface area (Å²) in [5, 5.41) is 6.24. The van der Waals surface area contributed by atoms with Gasteiger partial charge in [-0.25, -0.2) is 0 Å². The van der Waals surface area contributed by atoms with Crippen LogP contribution in [0.4, 0.5) is 5.69 Å². The zero-order valence-corrected chi connectivity index (χ0v) is 10.7. The van der Waals surface area contributed by atoms with Crippen LogP contribution in [0.25, 0.3) is 0 Å². The fourth-order valence-electron chi connectivity index (χ4n) is 2.31. The highest BCUT2D eigenvalue weighted by Crippen LogP contribution is 2.24. The Morgan fingerprint density at radius 3 is 3.06 bits per heavy atom. The maximum Gasteiger partial charge on any atom is 0.224 e. The summed E-state index contributed by atoms with van der Waals surface area (Å²) in [6.45, 7) is 2.02. The molecule has 1 atom stereocenters. The summed E-state index contributed by atoms with van der Waals surface area (Å²) in [5.41, 5.74) is 0.744. The third-order valence-corrected chi connectivity index (χ3v) is 3.25. The second kappa shape index (κ2) is 6.40. The number of carbonyl (C=O) groups is 1. The summed E-state index contributed by atoms with van der Waals surface area (Å²) in [6.07, 6.45) is 2.87. The maximum atomic E-state index is 12.0. The number of amides is 1. The summed E-state index contributed by atoms with van der Waals surface area (Å²) in [4.78, 5) is 12.0. The van der Waals surface area contributed by atoms with Gasteiger partial charge >= 0.3 is 0 Å². The van der Waals surface area contributed by atoms with Crippen LogP contribution in [0.5, 0.6) is 5.75 Å². The molecule has 2 N–H and O–H groups in total. The molecule has 1 aromatic rings. The van der Waals surface area contributed by atoms with Gasteiger partial charge < -0.3 is 15.4 Å². The highest BCUT2D eigenvalue weighted by molar-refractivity contribution is 5.92. The van der Waals surface area contributed by atoms with Crippen LogP contribution in [0, 0.1) is 5.92 Å². The van der Waals surface area contributed by atoms with Crippen LogP contribution in [-0.4, -0.2) is 26.1 Å². The number of rotatable bonds is 4. The van der Waals surface area contributed by atoms with Crippen molar-refractivity contribution in [3.63, 3.8) is 0 Å². The van der Waals surface area contributed by atoms with Gasteiger partial charge in [-0.2, -0.15) is 0 Å². The van der Waals surface area contributed by atoms with E-state index in [0.717, 1.165) is 31.6 Å². The van der Waals surface area contributed by atoms with Crippen LogP contribution < -0.4 is 15.4 Å². The van der Waals surface area contributed by atoms with Crippen molar-refractivity contribution in [2.75, 3.05) is 25.5 Å². The second-order valence-electron chi connectivity index (χ2n) is 4.66. The van der Waals surface area contributed by atoms with Gasteiger partial charge in [-0.3, -0.25) is 4.79 Å². The van der Waals surface area contributed by atoms with E-state index in [4.69, 9.17) is 4.74 Å². The quantitative estimate of drug-likeness (QED) is 0.857. The van der Waals surface area contributed by atoms with Gasteiger partial charge in [0, 0.05) is 6.42 Å². The van der Waals surface area contributed by atoms with Gasteiger partial charge in [-0.15, -0.1) is 0 Å². The van der Waals surface area contributed by atoms with E-state index in [9.17, 15) is 4.79 Å². The van der Waals surface area contributed by atoms with Crippen LogP contribution in [0.15, 0.2) is 24.3 Å². The fraction of sp³-hybridized carbons (Fsp3) is 0.500. The van der Waals surface area contributed by atoms with Crippen molar-refractivity contribution >= 4 is 11.6 Å². The van der Waals surface area contributed by atoms with E-state index in [-0.39, 0.29) is 5.91 Å². The Balaban J connectivity index is 1.90. The third kappa shape index (κ3) is 3.47. The van der Waals surface area contributed by atoms with Gasteiger partial charge in [-0.05, 0) is 44.0 Å². The number of piperidine rings is 1. The normalized spacial score (nSPS) is 19.3. The summed E-state index contributed by atoms with van der Waals surface area (Å²) < 4.78 is 5.21. The van der Waals surface area contributed by atoms with Crippen LogP contribution >= 0.6 is 0 Å². The largest absolute Gasteiger partial charge is 0.495 e. The molecule has 98 valence electrons. The lowest BCUT2D eigenvalue weighted by Crippen LogP contribution is -2.32. The zero-order chi connectivity index (χ0) is 12.8. The molecule has 0 saturated carbocycles. The molecule has 1 heterocycles. The lowest BCUT2D eigenvalue weighted by molar-refractivity contribution is -0.117. The minimum Gasteiger partial charge on any atom is -0.495 e. The first-order valence-corrected chi connectivity index (χ1v) is 6.43. The summed E-state index contributed by atoms with van der Waals surface area (Å²) >= 11 is 0. The minimum atomic E-state index is 0.0631. The molecule has 1 saturated heterocycles. The van der Waals surface area contributed by atoms with Crippen LogP contribution in [0.2, 0.25) is 0 Å². The predicted octanol–water partition coefficient (Wildman–Crippen LogP) is 2.02. The number of hydrogen-bond acceptors (Lipinski definition) is 3. The first-order valence-electron chi connectivity index (χ1n) is 6.43. The molecule has 1 unspecified atom stereocenters. The smallest absolute Gasteiger partial charge is 0.224 e. The van der Waals surface area contributed by atoms with E-state index in [1.54, 1.807) is 7.11 Å². The van der Waals surface area contributed by atoms with Gasteiger partial charge in [0.15, 0.2) is 0 Å². The van der Waals surface area contributed by atoms with Crippen molar-refractivity contribution in [2.24, 2.45) is 5.92 Å². The van der Waals surface area contributed by atoms with E-state index in [1.807, 2.05) is 24.3 Å². The van der Waals surface area contributed by atoms with Gasteiger partial charge in [-0.1, -0.05) is 12.1 Å². The lowest BCUT2D eigenvalue weighted by Gasteiger charge is -2.22. The summed E-state index contributed by atoms with van der Waals surface area (Å²) in [5.74, 6) is 1.22. The molecule has 4 nitrogen and oxygen atoms in total. The number of carbonyl (C=O) groups excluding carboxylic acids is 1. The molecule has 0 aromatic heterocycles. The first kappa shape index (κ1) is 12.9. The maximum absolute atomic E-state index is 12.0. The fourth-order valence-corrected chi connectivity index (χ4v) is 2.31. The van der Waals surface area contributed by atoms with Crippen LogP contribution in [-0.2, 0) is 4.79 Å². The van der Waals surface area contributed by atoms with E-state index in [1.165, 1.54) is 0 Å². The first-order chi connectivity index (χ1) is 8.79. The molecule has 0 spiro atoms. The van der Waals surface area contributed by atoms with Crippen molar-refractivity contribution in [1.82, 2.24) is 5.32 Å². The van der Waals surface area contributed by atoms with Crippen LogP contribution in [0.3, 0.4) is 0 Å². The molecule has 1 amide bonds. The molecule has 2 rings (SSSR count). The standard InChI is InChI=1S/C14H20N2O2/c1-18-13-7-3-2-6-12(13)16-14(17)9-11-5-4-8-15-10-11/h2-3,6-7,11,15H,4-5,8-10H2,1H3,(H,16,17). The molecular formula is C14H20N2O2. The van der Waals surface area contributed by atoms with Crippen molar-refractivity contribution in [1.29, 1.82) is 0 Å². The average Bonchev–Trinajstić information content (AvgIpc) is 2.40. The van der Waals surface area contributed by atoms with E-state index in [2.05, 4.69) is 10.6 Å². The predicted molar refractivity (Wildman–Crippen MR) is 71.8 cm³/mol. The average molecular weight is 248 g/mol. The molecule has 0 bridgehead atoms. The molecule has 18 heavy (non-hydrogen) atoms. The molecule has 0 aliphatic carbocycles. The van der Waals surface area contributed by atoms with Crippen molar-refractivity contribution in [3.8, 4) is 5.75 Å². The monoisotopic (exact) mass is 248 g/mol. The topological polar surface area (TPSA) is 50.4 Å². The summed E-state index contributed by atoms with van der Waals surface area (Å²) in [6, 6.07) is 7.48. The summed E-state index contributed by atoms with van der Waals surface area (Å²) in [7, 11) is 1.61. The SMILES string of the molecule is COc1ccccc1NC(=O)CC1CCCNC1. The van der Waals surface area contributed by atoms with E-state index < -0.39 is 0 Å². The highest BCUT2D eigenvalue weighted by atomic mass is 16.5. The van der Waals surface area contributed by atoms with E-state index in [0.29, 0.717) is 18.1 Å². The molecule has 0 radical (unpaired) electrons. The highest BCUT2D eigenvalue weighted by Gasteiger charge is 2.17. The Labute approximate surface area is 108 Å². The van der Waals surface area contributed by atoms with Gasteiger partial charge in [0.2, 0.25) is 5.91 Å². The number of ether oxygens (including phenoxy) is 1. The molecular weight excluding hydrogens is 228 g/mol. The Morgan fingerprint density at radius 2 is 2.33 bits per heavy atom. The Morgan fingerprint density at radius 1 is 1.50 bits per heavy atom. The number of benzene rings is 1. The van der Waals surface area contributed by atoms with Crippen LogP contribution in [0.1, 0.15) is 19.3 Å². The third-order valence-electron chi connectivity index (χ3n) is 3.25. The Bertz CT molecular complexity index is 401. The number of para-hydroxylation sites is 2. The Kier molecular flexibility index (Phi) is 4.59. The number of anilines is 1. The van der Waals surface area contributed by atoms with E-state index >= 15 is 0 Å². The van der Waals surface area contributed by atoms with Crippen molar-refractivity contribution in [2.45, 2.75) is 19.3 Å².